The number of hydrogen-bond acceptors (Lipinski definition) is 3. The highest BCUT2D eigenvalue weighted by Gasteiger charge is 2.19. The number of aromatic nitrogens is 2. The Bertz CT molecular complexity index is 558. The third kappa shape index (κ3) is 5.73. The van der Waals surface area contributed by atoms with E-state index in [0.717, 1.165) is 30.7 Å². The highest BCUT2D eigenvalue weighted by molar-refractivity contribution is 5.80. The van der Waals surface area contributed by atoms with Crippen molar-refractivity contribution in [3.8, 4) is 0 Å². The molecule has 6 nitrogen and oxygen atoms in total. The molecule has 1 saturated carbocycles. The lowest BCUT2D eigenvalue weighted by atomic mass is 9.87. The van der Waals surface area contributed by atoms with Crippen molar-refractivity contribution >= 4 is 5.96 Å². The number of aliphatic imine (C=N–C) groups is 1. The van der Waals surface area contributed by atoms with Gasteiger partial charge in [-0.3, -0.25) is 4.68 Å². The van der Waals surface area contributed by atoms with Crippen LogP contribution in [0.1, 0.15) is 56.5 Å². The minimum atomic E-state index is 0.542. The number of guanidine groups is 1. The smallest absolute Gasteiger partial charge is 0.191 e. The summed E-state index contributed by atoms with van der Waals surface area (Å²) in [6.45, 7) is 11.6. The lowest BCUT2D eigenvalue weighted by molar-refractivity contribution is 0.182. The van der Waals surface area contributed by atoms with Crippen LogP contribution in [-0.4, -0.2) is 42.0 Å². The first-order valence-electron chi connectivity index (χ1n) is 9.61. The van der Waals surface area contributed by atoms with E-state index in [1.165, 1.54) is 36.9 Å². The van der Waals surface area contributed by atoms with Gasteiger partial charge in [-0.2, -0.15) is 5.10 Å². The molecule has 1 aromatic heterocycles. The van der Waals surface area contributed by atoms with Gasteiger partial charge < -0.3 is 15.4 Å². The molecule has 0 amide bonds. The summed E-state index contributed by atoms with van der Waals surface area (Å²) < 4.78 is 7.18. The van der Waals surface area contributed by atoms with E-state index in [0.29, 0.717) is 19.2 Å². The first kappa shape index (κ1) is 19.8. The van der Waals surface area contributed by atoms with Crippen LogP contribution in [0.25, 0.3) is 0 Å². The topological polar surface area (TPSA) is 63.5 Å². The van der Waals surface area contributed by atoms with E-state index in [4.69, 9.17) is 9.73 Å². The van der Waals surface area contributed by atoms with E-state index in [2.05, 4.69) is 43.4 Å². The van der Waals surface area contributed by atoms with Gasteiger partial charge in [0.25, 0.3) is 0 Å². The van der Waals surface area contributed by atoms with E-state index in [1.54, 1.807) is 7.11 Å². The lowest BCUT2D eigenvalue weighted by Gasteiger charge is -2.28. The van der Waals surface area contributed by atoms with Crippen molar-refractivity contribution in [3.05, 3.63) is 17.0 Å². The van der Waals surface area contributed by atoms with Crippen LogP contribution < -0.4 is 10.6 Å². The van der Waals surface area contributed by atoms with Gasteiger partial charge in [0.2, 0.25) is 0 Å². The van der Waals surface area contributed by atoms with E-state index < -0.39 is 0 Å². The van der Waals surface area contributed by atoms with E-state index in [9.17, 15) is 0 Å². The van der Waals surface area contributed by atoms with Crippen LogP contribution in [-0.2, 0) is 17.8 Å². The summed E-state index contributed by atoms with van der Waals surface area (Å²) in [7, 11) is 1.72. The Balaban J connectivity index is 2.01. The molecule has 0 atom stereocenters. The zero-order valence-electron chi connectivity index (χ0n) is 16.6. The summed E-state index contributed by atoms with van der Waals surface area (Å²) in [5.74, 6) is 1.78. The Hall–Kier alpha value is -1.56. The molecule has 0 aliphatic heterocycles. The minimum Gasteiger partial charge on any atom is -0.383 e. The maximum atomic E-state index is 5.16. The second-order valence-corrected chi connectivity index (χ2v) is 7.16. The number of nitrogens with zero attached hydrogens (tertiary/aromatic N) is 3. The molecule has 0 unspecified atom stereocenters. The second-order valence-electron chi connectivity index (χ2n) is 7.16. The molecule has 142 valence electrons. The third-order valence-electron chi connectivity index (χ3n) is 5.13. The van der Waals surface area contributed by atoms with Gasteiger partial charge in [-0.1, -0.05) is 6.92 Å². The standard InChI is InChI=1S/C19H35N5O/c1-6-20-19(22-17-9-7-14(2)8-10-17)21-13-18-15(3)23-24(16(18)4)11-12-25-5/h14,17H,6-13H2,1-5H3,(H2,20,21,22). The van der Waals surface area contributed by atoms with Crippen LogP contribution in [0.4, 0.5) is 0 Å². The highest BCUT2D eigenvalue weighted by atomic mass is 16.5. The molecule has 6 heteroatoms. The molecule has 0 saturated heterocycles. The van der Waals surface area contributed by atoms with Crippen molar-refractivity contribution in [2.45, 2.75) is 72.5 Å². The average molecular weight is 350 g/mol. The van der Waals surface area contributed by atoms with Gasteiger partial charge >= 0.3 is 0 Å². The molecule has 25 heavy (non-hydrogen) atoms. The van der Waals surface area contributed by atoms with Crippen LogP contribution in [0, 0.1) is 19.8 Å². The molecule has 1 heterocycles. The molecule has 0 radical (unpaired) electrons. The molecule has 1 aliphatic rings. The summed E-state index contributed by atoms with van der Waals surface area (Å²) in [6.07, 6.45) is 5.08. The quantitative estimate of drug-likeness (QED) is 0.587. The molecule has 0 bridgehead atoms. The SMILES string of the molecule is CCNC(=NCc1c(C)nn(CCOC)c1C)NC1CCC(C)CC1. The van der Waals surface area contributed by atoms with Crippen molar-refractivity contribution < 1.29 is 4.74 Å². The van der Waals surface area contributed by atoms with Crippen LogP contribution in [0.2, 0.25) is 0 Å². The summed E-state index contributed by atoms with van der Waals surface area (Å²) in [5, 5.41) is 11.6. The van der Waals surface area contributed by atoms with Crippen molar-refractivity contribution in [2.75, 3.05) is 20.3 Å². The first-order chi connectivity index (χ1) is 12.0. The predicted octanol–water partition coefficient (Wildman–Crippen LogP) is 2.78. The fraction of sp³-hybridized carbons (Fsp3) is 0.789. The van der Waals surface area contributed by atoms with Gasteiger partial charge in [0.1, 0.15) is 0 Å². The van der Waals surface area contributed by atoms with E-state index in [-0.39, 0.29) is 0 Å². The minimum absolute atomic E-state index is 0.542. The monoisotopic (exact) mass is 349 g/mol. The summed E-state index contributed by atoms with van der Waals surface area (Å²) in [4.78, 5) is 4.82. The Kier molecular flexibility index (Phi) is 7.75. The molecule has 2 rings (SSSR count). The van der Waals surface area contributed by atoms with Gasteiger partial charge in [0.05, 0.1) is 25.4 Å². The van der Waals surface area contributed by atoms with Crippen LogP contribution in [0.5, 0.6) is 0 Å². The Morgan fingerprint density at radius 2 is 2.00 bits per heavy atom. The predicted molar refractivity (Wildman–Crippen MR) is 103 cm³/mol. The number of hydrogen-bond donors (Lipinski definition) is 2. The molecule has 2 N–H and O–H groups in total. The second kappa shape index (κ2) is 9.80. The number of ether oxygens (including phenoxy) is 1. The zero-order chi connectivity index (χ0) is 18.2. The summed E-state index contributed by atoms with van der Waals surface area (Å²) >= 11 is 0. The van der Waals surface area contributed by atoms with Gasteiger partial charge in [0, 0.05) is 31.0 Å². The number of nitrogens with one attached hydrogen (secondary N) is 2. The molecule has 0 spiro atoms. The largest absolute Gasteiger partial charge is 0.383 e. The van der Waals surface area contributed by atoms with Crippen LogP contribution >= 0.6 is 0 Å². The highest BCUT2D eigenvalue weighted by Crippen LogP contribution is 2.23. The number of methoxy groups -OCH3 is 1. The number of aryl methyl sites for hydroxylation is 1. The number of rotatable bonds is 7. The summed E-state index contributed by atoms with van der Waals surface area (Å²) in [5.41, 5.74) is 3.45. The molecule has 1 fully saturated rings. The van der Waals surface area contributed by atoms with Gasteiger partial charge in [0.15, 0.2) is 5.96 Å². The Morgan fingerprint density at radius 1 is 1.28 bits per heavy atom. The maximum Gasteiger partial charge on any atom is 0.191 e. The molecular weight excluding hydrogens is 314 g/mol. The third-order valence-corrected chi connectivity index (χ3v) is 5.13. The van der Waals surface area contributed by atoms with Gasteiger partial charge in [-0.15, -0.1) is 0 Å². The molecule has 1 aliphatic carbocycles. The fourth-order valence-electron chi connectivity index (χ4n) is 3.43. The molecule has 1 aromatic rings. The van der Waals surface area contributed by atoms with Gasteiger partial charge in [-0.25, -0.2) is 4.99 Å². The normalized spacial score (nSPS) is 21.4. The van der Waals surface area contributed by atoms with E-state index in [1.807, 2.05) is 4.68 Å². The molecular formula is C19H35N5O. The summed E-state index contributed by atoms with van der Waals surface area (Å²) in [6, 6.07) is 0.542. The van der Waals surface area contributed by atoms with Crippen LogP contribution in [0.15, 0.2) is 4.99 Å². The average Bonchev–Trinajstić information content (AvgIpc) is 2.86. The van der Waals surface area contributed by atoms with Crippen molar-refractivity contribution in [1.82, 2.24) is 20.4 Å². The molecule has 0 aromatic carbocycles. The van der Waals surface area contributed by atoms with Crippen molar-refractivity contribution in [3.63, 3.8) is 0 Å². The van der Waals surface area contributed by atoms with Crippen molar-refractivity contribution in [2.24, 2.45) is 10.9 Å². The van der Waals surface area contributed by atoms with Crippen molar-refractivity contribution in [1.29, 1.82) is 0 Å². The van der Waals surface area contributed by atoms with Gasteiger partial charge in [-0.05, 0) is 52.4 Å². The lowest BCUT2D eigenvalue weighted by Crippen LogP contribution is -2.44. The first-order valence-corrected chi connectivity index (χ1v) is 9.61. The maximum absolute atomic E-state index is 5.16. The van der Waals surface area contributed by atoms with Crippen LogP contribution in [0.3, 0.4) is 0 Å². The zero-order valence-corrected chi connectivity index (χ0v) is 16.6. The Labute approximate surface area is 152 Å². The Morgan fingerprint density at radius 3 is 2.64 bits per heavy atom. The van der Waals surface area contributed by atoms with E-state index >= 15 is 0 Å². The fourth-order valence-corrected chi connectivity index (χ4v) is 3.43.